The number of nitrogens with zero attached hydrogens (tertiary/aromatic N) is 1. The van der Waals surface area contributed by atoms with E-state index >= 15 is 0 Å². The van der Waals surface area contributed by atoms with Gasteiger partial charge in [0.1, 0.15) is 0 Å². The van der Waals surface area contributed by atoms with Crippen molar-refractivity contribution in [3.8, 4) is 0 Å². The first-order valence-electron chi connectivity index (χ1n) is 10.1. The van der Waals surface area contributed by atoms with Gasteiger partial charge in [-0.05, 0) is 43.7 Å². The molecule has 0 aliphatic carbocycles. The Hall–Kier alpha value is -4.28. The maximum absolute atomic E-state index is 12.0. The summed E-state index contributed by atoms with van der Waals surface area (Å²) in [7, 11) is 0. The first-order valence-corrected chi connectivity index (χ1v) is 10.1. The summed E-state index contributed by atoms with van der Waals surface area (Å²) in [6.45, 7) is 1.42. The van der Waals surface area contributed by atoms with E-state index in [9.17, 15) is 29.3 Å². The molecule has 0 saturated heterocycles. The summed E-state index contributed by atoms with van der Waals surface area (Å²) < 4.78 is 9.73. The predicted octanol–water partition coefficient (Wildman–Crippen LogP) is 3.06. The number of amides is 2. The third-order valence-corrected chi connectivity index (χ3v) is 4.17. The molecule has 2 aromatic carbocycles. The number of hydrogen-bond acceptors (Lipinski definition) is 8. The number of nitrogens with one attached hydrogen (secondary N) is 2. The van der Waals surface area contributed by atoms with Gasteiger partial charge in [-0.1, -0.05) is 6.07 Å². The molecular formula is C22H23N3O8. The highest BCUT2D eigenvalue weighted by Crippen LogP contribution is 2.17. The number of non-ortho nitro benzene ring substituents is 1. The van der Waals surface area contributed by atoms with Crippen LogP contribution in [0, 0.1) is 10.1 Å². The van der Waals surface area contributed by atoms with Crippen molar-refractivity contribution in [1.29, 1.82) is 0 Å². The normalized spacial score (nSPS) is 10.1. The number of carbonyl (C=O) groups excluding carboxylic acids is 4. The van der Waals surface area contributed by atoms with Crippen LogP contribution >= 0.6 is 0 Å². The Kier molecular flexibility index (Phi) is 9.50. The average molecular weight is 457 g/mol. The second kappa shape index (κ2) is 12.5. The Morgan fingerprint density at radius 2 is 1.61 bits per heavy atom. The quantitative estimate of drug-likeness (QED) is 0.296. The van der Waals surface area contributed by atoms with Crippen molar-refractivity contribution < 1.29 is 33.6 Å². The van der Waals surface area contributed by atoms with E-state index in [1.54, 1.807) is 19.1 Å². The SMILES string of the molecule is CCOC(=O)c1ccc(NC(=O)CCCC(=O)OCC(=O)Nc2cccc([N+](=O)[O-])c2)cc1. The first-order chi connectivity index (χ1) is 15.8. The molecule has 2 rings (SSSR count). The van der Waals surface area contributed by atoms with Gasteiger partial charge in [0, 0.05) is 36.3 Å². The number of anilines is 2. The summed E-state index contributed by atoms with van der Waals surface area (Å²) in [4.78, 5) is 57.4. The summed E-state index contributed by atoms with van der Waals surface area (Å²) in [5, 5.41) is 15.8. The third-order valence-electron chi connectivity index (χ3n) is 4.17. The number of hydrogen-bond donors (Lipinski definition) is 2. The second-order valence-corrected chi connectivity index (χ2v) is 6.72. The van der Waals surface area contributed by atoms with Gasteiger partial charge in [-0.15, -0.1) is 0 Å². The van der Waals surface area contributed by atoms with Crippen LogP contribution in [0.25, 0.3) is 0 Å². The molecule has 2 N–H and O–H groups in total. The molecule has 0 atom stereocenters. The molecule has 0 aliphatic rings. The highest BCUT2D eigenvalue weighted by molar-refractivity contribution is 5.94. The lowest BCUT2D eigenvalue weighted by molar-refractivity contribution is -0.384. The highest BCUT2D eigenvalue weighted by Gasteiger charge is 2.12. The Morgan fingerprint density at radius 3 is 2.27 bits per heavy atom. The smallest absolute Gasteiger partial charge is 0.338 e. The van der Waals surface area contributed by atoms with Gasteiger partial charge in [-0.2, -0.15) is 0 Å². The van der Waals surface area contributed by atoms with Gasteiger partial charge < -0.3 is 20.1 Å². The molecule has 0 spiro atoms. The summed E-state index contributed by atoms with van der Waals surface area (Å²) in [5.41, 5.74) is 0.885. The van der Waals surface area contributed by atoms with E-state index in [4.69, 9.17) is 9.47 Å². The van der Waals surface area contributed by atoms with Crippen molar-refractivity contribution in [1.82, 2.24) is 0 Å². The monoisotopic (exact) mass is 457 g/mol. The molecule has 0 unspecified atom stereocenters. The molecule has 11 nitrogen and oxygen atoms in total. The number of ether oxygens (including phenoxy) is 2. The average Bonchev–Trinajstić information content (AvgIpc) is 2.78. The second-order valence-electron chi connectivity index (χ2n) is 6.72. The van der Waals surface area contributed by atoms with E-state index in [-0.39, 0.29) is 43.2 Å². The van der Waals surface area contributed by atoms with E-state index in [2.05, 4.69) is 10.6 Å². The summed E-state index contributed by atoms with van der Waals surface area (Å²) in [5.74, 6) is -2.08. The van der Waals surface area contributed by atoms with E-state index in [1.807, 2.05) is 0 Å². The van der Waals surface area contributed by atoms with Gasteiger partial charge in [0.05, 0.1) is 17.1 Å². The lowest BCUT2D eigenvalue weighted by Crippen LogP contribution is -2.21. The zero-order valence-corrected chi connectivity index (χ0v) is 17.9. The fraction of sp³-hybridized carbons (Fsp3) is 0.273. The number of esters is 2. The zero-order chi connectivity index (χ0) is 24.2. The Labute approximate surface area is 189 Å². The zero-order valence-electron chi connectivity index (χ0n) is 17.9. The van der Waals surface area contributed by atoms with E-state index < -0.39 is 29.4 Å². The van der Waals surface area contributed by atoms with Crippen molar-refractivity contribution >= 4 is 40.8 Å². The molecule has 0 aromatic heterocycles. The Morgan fingerprint density at radius 1 is 0.909 bits per heavy atom. The summed E-state index contributed by atoms with van der Waals surface area (Å²) in [6, 6.07) is 11.5. The molecule has 0 fully saturated rings. The van der Waals surface area contributed by atoms with Crippen LogP contribution in [0.1, 0.15) is 36.5 Å². The number of nitro groups is 1. The molecule has 0 aliphatic heterocycles. The van der Waals surface area contributed by atoms with Gasteiger partial charge in [0.2, 0.25) is 5.91 Å². The van der Waals surface area contributed by atoms with Crippen LogP contribution in [0.4, 0.5) is 17.1 Å². The molecule has 2 amide bonds. The van der Waals surface area contributed by atoms with Gasteiger partial charge in [-0.3, -0.25) is 24.5 Å². The van der Waals surface area contributed by atoms with Gasteiger partial charge in [-0.25, -0.2) is 4.79 Å². The fourth-order valence-electron chi connectivity index (χ4n) is 2.63. The summed E-state index contributed by atoms with van der Waals surface area (Å²) >= 11 is 0. The predicted molar refractivity (Wildman–Crippen MR) is 118 cm³/mol. The summed E-state index contributed by atoms with van der Waals surface area (Å²) in [6.07, 6.45) is 0.186. The molecule has 0 saturated carbocycles. The van der Waals surface area contributed by atoms with Crippen molar-refractivity contribution in [2.45, 2.75) is 26.2 Å². The maximum atomic E-state index is 12.0. The van der Waals surface area contributed by atoms with Gasteiger partial charge in [0.25, 0.3) is 11.6 Å². The first kappa shape index (κ1) is 25.0. The van der Waals surface area contributed by atoms with Gasteiger partial charge in [0.15, 0.2) is 6.61 Å². The van der Waals surface area contributed by atoms with Crippen molar-refractivity contribution in [2.75, 3.05) is 23.8 Å². The fourth-order valence-corrected chi connectivity index (χ4v) is 2.63. The number of benzene rings is 2. The molecule has 174 valence electrons. The largest absolute Gasteiger partial charge is 0.462 e. The molecule has 0 radical (unpaired) electrons. The minimum atomic E-state index is -0.657. The van der Waals surface area contributed by atoms with Crippen molar-refractivity contribution in [3.05, 3.63) is 64.2 Å². The third kappa shape index (κ3) is 8.77. The number of nitro benzene ring substituents is 1. The minimum Gasteiger partial charge on any atom is -0.462 e. The Bertz CT molecular complexity index is 1020. The van der Waals surface area contributed by atoms with E-state index in [1.165, 1.54) is 36.4 Å². The van der Waals surface area contributed by atoms with Crippen LogP contribution in [-0.2, 0) is 23.9 Å². The minimum absolute atomic E-state index is 0.0502. The maximum Gasteiger partial charge on any atom is 0.338 e. The van der Waals surface area contributed by atoms with Crippen LogP contribution in [0.15, 0.2) is 48.5 Å². The van der Waals surface area contributed by atoms with E-state index in [0.29, 0.717) is 11.3 Å². The molecule has 11 heteroatoms. The van der Waals surface area contributed by atoms with Gasteiger partial charge >= 0.3 is 11.9 Å². The highest BCUT2D eigenvalue weighted by atomic mass is 16.6. The van der Waals surface area contributed by atoms with Crippen LogP contribution < -0.4 is 10.6 Å². The van der Waals surface area contributed by atoms with Crippen molar-refractivity contribution in [2.24, 2.45) is 0 Å². The van der Waals surface area contributed by atoms with Crippen LogP contribution in [0.3, 0.4) is 0 Å². The van der Waals surface area contributed by atoms with Crippen molar-refractivity contribution in [3.63, 3.8) is 0 Å². The van der Waals surface area contributed by atoms with E-state index in [0.717, 1.165) is 0 Å². The van der Waals surface area contributed by atoms with Crippen LogP contribution in [-0.4, -0.2) is 41.9 Å². The lowest BCUT2D eigenvalue weighted by Gasteiger charge is -2.08. The Balaban J connectivity index is 1.66. The standard InChI is InChI=1S/C22H23N3O8/c1-2-32-22(29)15-9-11-16(12-10-15)23-19(26)7-4-8-21(28)33-14-20(27)24-17-5-3-6-18(13-17)25(30)31/h3,5-6,9-13H,2,4,7-8,14H2,1H3,(H,23,26)(H,24,27). The molecule has 33 heavy (non-hydrogen) atoms. The topological polar surface area (TPSA) is 154 Å². The number of carbonyl (C=O) groups is 4. The molecule has 2 aromatic rings. The van der Waals surface area contributed by atoms with Crippen LogP contribution in [0.5, 0.6) is 0 Å². The molecule has 0 heterocycles. The molecule has 0 bridgehead atoms. The molecular weight excluding hydrogens is 434 g/mol. The number of rotatable bonds is 11. The van der Waals surface area contributed by atoms with Crippen LogP contribution in [0.2, 0.25) is 0 Å². The lowest BCUT2D eigenvalue weighted by atomic mass is 10.2.